The van der Waals surface area contributed by atoms with E-state index in [1.54, 1.807) is 0 Å². The molecule has 0 aromatic heterocycles. The van der Waals surface area contributed by atoms with E-state index in [9.17, 15) is 9.59 Å². The summed E-state index contributed by atoms with van der Waals surface area (Å²) < 4.78 is 0. The average molecular weight is 184 g/mol. The minimum atomic E-state index is -0.472. The second kappa shape index (κ2) is 4.84. The molecular formula is C9H16N2O2. The number of nitrogens with two attached hydrogens (primary N) is 1. The van der Waals surface area contributed by atoms with Crippen LogP contribution >= 0.6 is 0 Å². The molecule has 0 aliphatic heterocycles. The molecule has 74 valence electrons. The SMILES string of the molecule is NC(=O)C(CC1CCCC1)NC=O. The van der Waals surface area contributed by atoms with Crippen LogP contribution in [-0.2, 0) is 9.59 Å². The molecule has 1 saturated carbocycles. The molecule has 1 aliphatic rings. The maximum Gasteiger partial charge on any atom is 0.240 e. The van der Waals surface area contributed by atoms with Gasteiger partial charge in [-0.3, -0.25) is 9.59 Å². The van der Waals surface area contributed by atoms with Crippen molar-refractivity contribution in [2.75, 3.05) is 0 Å². The normalized spacial score (nSPS) is 19.7. The zero-order valence-electron chi connectivity index (χ0n) is 7.66. The van der Waals surface area contributed by atoms with Crippen molar-refractivity contribution in [1.82, 2.24) is 5.32 Å². The van der Waals surface area contributed by atoms with Crippen molar-refractivity contribution < 1.29 is 9.59 Å². The second-order valence-corrected chi connectivity index (χ2v) is 3.63. The number of hydrogen-bond donors (Lipinski definition) is 2. The third-order valence-electron chi connectivity index (χ3n) is 2.66. The Morgan fingerprint density at radius 3 is 2.62 bits per heavy atom. The van der Waals surface area contributed by atoms with Crippen LogP contribution in [-0.4, -0.2) is 18.4 Å². The molecule has 1 aliphatic carbocycles. The Morgan fingerprint density at radius 2 is 2.15 bits per heavy atom. The smallest absolute Gasteiger partial charge is 0.240 e. The fraction of sp³-hybridized carbons (Fsp3) is 0.778. The second-order valence-electron chi connectivity index (χ2n) is 3.63. The minimum absolute atomic E-state index is 0.431. The van der Waals surface area contributed by atoms with Gasteiger partial charge < -0.3 is 11.1 Å². The first-order chi connectivity index (χ1) is 6.24. The molecule has 0 saturated heterocycles. The molecule has 3 N–H and O–H groups in total. The topological polar surface area (TPSA) is 72.2 Å². The Balaban J connectivity index is 2.36. The van der Waals surface area contributed by atoms with Crippen LogP contribution in [0.3, 0.4) is 0 Å². The van der Waals surface area contributed by atoms with Gasteiger partial charge in [0.15, 0.2) is 0 Å². The van der Waals surface area contributed by atoms with E-state index in [2.05, 4.69) is 5.32 Å². The fourth-order valence-electron chi connectivity index (χ4n) is 1.93. The first-order valence-electron chi connectivity index (χ1n) is 4.73. The molecule has 1 fully saturated rings. The van der Waals surface area contributed by atoms with Crippen LogP contribution in [0.2, 0.25) is 0 Å². The predicted octanol–water partition coefficient (Wildman–Crippen LogP) is 0.167. The monoisotopic (exact) mass is 184 g/mol. The van der Waals surface area contributed by atoms with Crippen molar-refractivity contribution >= 4 is 12.3 Å². The van der Waals surface area contributed by atoms with Gasteiger partial charge in [-0.1, -0.05) is 25.7 Å². The molecular weight excluding hydrogens is 168 g/mol. The Hall–Kier alpha value is -1.06. The molecule has 0 spiro atoms. The highest BCUT2D eigenvalue weighted by molar-refractivity contribution is 5.81. The van der Waals surface area contributed by atoms with Crippen LogP contribution in [0.25, 0.3) is 0 Å². The van der Waals surface area contributed by atoms with E-state index < -0.39 is 11.9 Å². The van der Waals surface area contributed by atoms with Gasteiger partial charge in [-0.15, -0.1) is 0 Å². The minimum Gasteiger partial charge on any atom is -0.368 e. The van der Waals surface area contributed by atoms with Crippen LogP contribution in [0.15, 0.2) is 0 Å². The van der Waals surface area contributed by atoms with Crippen molar-refractivity contribution in [3.63, 3.8) is 0 Å². The highest BCUT2D eigenvalue weighted by Gasteiger charge is 2.22. The summed E-state index contributed by atoms with van der Waals surface area (Å²) in [7, 11) is 0. The summed E-state index contributed by atoms with van der Waals surface area (Å²) in [5, 5.41) is 2.45. The van der Waals surface area contributed by atoms with Gasteiger partial charge in [0.2, 0.25) is 12.3 Å². The lowest BCUT2D eigenvalue weighted by Gasteiger charge is -2.16. The zero-order valence-corrected chi connectivity index (χ0v) is 7.66. The first-order valence-corrected chi connectivity index (χ1v) is 4.73. The molecule has 1 rings (SSSR count). The number of hydrogen-bond acceptors (Lipinski definition) is 2. The first kappa shape index (κ1) is 10.0. The van der Waals surface area contributed by atoms with E-state index in [1.807, 2.05) is 0 Å². The predicted molar refractivity (Wildman–Crippen MR) is 48.8 cm³/mol. The number of nitrogens with one attached hydrogen (secondary N) is 1. The van der Waals surface area contributed by atoms with E-state index >= 15 is 0 Å². The molecule has 0 aromatic rings. The molecule has 1 unspecified atom stereocenters. The van der Waals surface area contributed by atoms with Crippen LogP contribution < -0.4 is 11.1 Å². The van der Waals surface area contributed by atoms with Gasteiger partial charge in [-0.2, -0.15) is 0 Å². The van der Waals surface area contributed by atoms with Crippen LogP contribution in [0.1, 0.15) is 32.1 Å². The van der Waals surface area contributed by atoms with Gasteiger partial charge in [0.05, 0.1) is 0 Å². The van der Waals surface area contributed by atoms with E-state index in [1.165, 1.54) is 12.8 Å². The maximum absolute atomic E-state index is 10.9. The number of primary amides is 1. The summed E-state index contributed by atoms with van der Waals surface area (Å²) in [6, 6.07) is -0.472. The van der Waals surface area contributed by atoms with E-state index in [0.29, 0.717) is 18.7 Å². The lowest BCUT2D eigenvalue weighted by Crippen LogP contribution is -2.41. The highest BCUT2D eigenvalue weighted by atomic mass is 16.2. The van der Waals surface area contributed by atoms with E-state index in [4.69, 9.17) is 5.73 Å². The van der Waals surface area contributed by atoms with Crippen molar-refractivity contribution in [3.8, 4) is 0 Å². The Kier molecular flexibility index (Phi) is 3.73. The highest BCUT2D eigenvalue weighted by Crippen LogP contribution is 2.28. The molecule has 2 amide bonds. The largest absolute Gasteiger partial charge is 0.368 e. The van der Waals surface area contributed by atoms with Crippen LogP contribution in [0, 0.1) is 5.92 Å². The Labute approximate surface area is 77.9 Å². The van der Waals surface area contributed by atoms with Crippen LogP contribution in [0.4, 0.5) is 0 Å². The van der Waals surface area contributed by atoms with Crippen molar-refractivity contribution in [2.45, 2.75) is 38.1 Å². The van der Waals surface area contributed by atoms with Crippen molar-refractivity contribution in [3.05, 3.63) is 0 Å². The maximum atomic E-state index is 10.9. The molecule has 4 nitrogen and oxygen atoms in total. The number of carbonyl (C=O) groups excluding carboxylic acids is 2. The van der Waals surface area contributed by atoms with Crippen molar-refractivity contribution in [1.29, 1.82) is 0 Å². The number of rotatable bonds is 5. The fourth-order valence-corrected chi connectivity index (χ4v) is 1.93. The van der Waals surface area contributed by atoms with Gasteiger partial charge in [-0.25, -0.2) is 0 Å². The van der Waals surface area contributed by atoms with Gasteiger partial charge in [0.1, 0.15) is 6.04 Å². The van der Waals surface area contributed by atoms with Gasteiger partial charge in [0, 0.05) is 0 Å². The molecule has 13 heavy (non-hydrogen) atoms. The Morgan fingerprint density at radius 1 is 1.54 bits per heavy atom. The van der Waals surface area contributed by atoms with Crippen LogP contribution in [0.5, 0.6) is 0 Å². The van der Waals surface area contributed by atoms with Gasteiger partial charge >= 0.3 is 0 Å². The lowest BCUT2D eigenvalue weighted by molar-refractivity contribution is -0.123. The summed E-state index contributed by atoms with van der Waals surface area (Å²) in [6.07, 6.45) is 6.03. The summed E-state index contributed by atoms with van der Waals surface area (Å²) >= 11 is 0. The molecule has 0 aromatic carbocycles. The summed E-state index contributed by atoms with van der Waals surface area (Å²) in [5.41, 5.74) is 5.14. The van der Waals surface area contributed by atoms with Gasteiger partial charge in [-0.05, 0) is 12.3 Å². The average Bonchev–Trinajstić information content (AvgIpc) is 2.56. The zero-order chi connectivity index (χ0) is 9.68. The third kappa shape index (κ3) is 3.05. The molecule has 4 heteroatoms. The lowest BCUT2D eigenvalue weighted by atomic mass is 9.98. The van der Waals surface area contributed by atoms with Gasteiger partial charge in [0.25, 0.3) is 0 Å². The number of carbonyl (C=O) groups is 2. The number of amides is 2. The molecule has 1 atom stereocenters. The van der Waals surface area contributed by atoms with E-state index in [0.717, 1.165) is 12.8 Å². The summed E-state index contributed by atoms with van der Waals surface area (Å²) in [4.78, 5) is 21.1. The standard InChI is InChI=1S/C9H16N2O2/c10-9(13)8(11-6-12)5-7-3-1-2-4-7/h6-8H,1-5H2,(H2,10,13)(H,11,12). The molecule has 0 radical (unpaired) electrons. The molecule has 0 heterocycles. The quantitative estimate of drug-likeness (QED) is 0.598. The third-order valence-corrected chi connectivity index (χ3v) is 2.66. The van der Waals surface area contributed by atoms with Crippen molar-refractivity contribution in [2.24, 2.45) is 11.7 Å². The van der Waals surface area contributed by atoms with E-state index in [-0.39, 0.29) is 0 Å². The summed E-state index contributed by atoms with van der Waals surface area (Å²) in [5.74, 6) is 0.129. The summed E-state index contributed by atoms with van der Waals surface area (Å²) in [6.45, 7) is 0. The molecule has 0 bridgehead atoms. The Bertz CT molecular complexity index is 188.